The molecule has 1 unspecified atom stereocenters. The lowest BCUT2D eigenvalue weighted by atomic mass is 9.89. The molecule has 0 spiro atoms. The number of allylic oxidation sites excluding steroid dienone is 1. The van der Waals surface area contributed by atoms with E-state index in [1.54, 1.807) is 0 Å². The number of nitrogens with zero attached hydrogens (tertiary/aromatic N) is 4. The molecule has 0 aliphatic carbocycles. The van der Waals surface area contributed by atoms with E-state index >= 15 is 0 Å². The number of ether oxygens (including phenoxy) is 1. The quantitative estimate of drug-likeness (QED) is 0.545. The summed E-state index contributed by atoms with van der Waals surface area (Å²) < 4.78 is 5.24. The molecule has 3 heterocycles. The van der Waals surface area contributed by atoms with Gasteiger partial charge in [0.15, 0.2) is 5.17 Å². The lowest BCUT2D eigenvalue weighted by Gasteiger charge is -2.38. The number of esters is 1. The number of amides is 1. The second-order valence-corrected chi connectivity index (χ2v) is 10.5. The Bertz CT molecular complexity index is 1100. The summed E-state index contributed by atoms with van der Waals surface area (Å²) in [6.45, 7) is 8.13. The van der Waals surface area contributed by atoms with Crippen molar-refractivity contribution < 1.29 is 14.3 Å². The highest BCUT2D eigenvalue weighted by Crippen LogP contribution is 2.46. The van der Waals surface area contributed by atoms with Gasteiger partial charge in [0.05, 0.1) is 30.8 Å². The van der Waals surface area contributed by atoms with Gasteiger partial charge in [-0.25, -0.2) is 9.79 Å². The van der Waals surface area contributed by atoms with Gasteiger partial charge in [0.2, 0.25) is 5.91 Å². The molecule has 0 bridgehead atoms. The van der Waals surface area contributed by atoms with Gasteiger partial charge in [-0.15, -0.1) is 0 Å². The zero-order chi connectivity index (χ0) is 25.3. The van der Waals surface area contributed by atoms with Crippen molar-refractivity contribution in [3.05, 3.63) is 57.3 Å². The number of carbonyl (C=O) groups excluding carboxylic acids is 2. The average Bonchev–Trinajstić information content (AvgIpc) is 3.26. The van der Waals surface area contributed by atoms with Gasteiger partial charge in [-0.05, 0) is 69.8 Å². The fourth-order valence-corrected chi connectivity index (χ4v) is 6.06. The van der Waals surface area contributed by atoms with Gasteiger partial charge in [0.1, 0.15) is 0 Å². The molecule has 1 amide bonds. The summed E-state index contributed by atoms with van der Waals surface area (Å²) >= 11 is 1.52. The third kappa shape index (κ3) is 5.05. The van der Waals surface area contributed by atoms with Crippen LogP contribution in [0, 0.1) is 13.8 Å². The van der Waals surface area contributed by atoms with Crippen LogP contribution >= 0.6 is 11.8 Å². The van der Waals surface area contributed by atoms with Crippen molar-refractivity contribution in [1.82, 2.24) is 14.7 Å². The number of aliphatic imine (C=N–C) groups is 1. The molecule has 1 saturated heterocycles. The predicted octanol–water partition coefficient (Wildman–Crippen LogP) is 4.38. The van der Waals surface area contributed by atoms with Crippen LogP contribution < -0.4 is 0 Å². The number of fused-ring (bicyclic) bond motifs is 1. The fourth-order valence-electron chi connectivity index (χ4n) is 5.13. The van der Waals surface area contributed by atoms with E-state index in [0.29, 0.717) is 12.0 Å². The minimum atomic E-state index is -0.382. The van der Waals surface area contributed by atoms with E-state index in [9.17, 15) is 9.59 Å². The predicted molar refractivity (Wildman–Crippen MR) is 141 cm³/mol. The van der Waals surface area contributed by atoms with Crippen LogP contribution in [0.25, 0.3) is 0 Å². The molecule has 1 aromatic rings. The second kappa shape index (κ2) is 10.6. The minimum absolute atomic E-state index is 0.0947. The zero-order valence-corrected chi connectivity index (χ0v) is 22.4. The molecule has 0 N–H and O–H groups in total. The van der Waals surface area contributed by atoms with Gasteiger partial charge >= 0.3 is 5.97 Å². The molecule has 188 valence electrons. The number of amidine groups is 1. The Morgan fingerprint density at radius 3 is 2.60 bits per heavy atom. The maximum absolute atomic E-state index is 13.4. The second-order valence-electron chi connectivity index (χ2n) is 9.68. The van der Waals surface area contributed by atoms with Crippen LogP contribution in [0.1, 0.15) is 55.3 Å². The molecule has 0 aromatic heterocycles. The van der Waals surface area contributed by atoms with Crippen molar-refractivity contribution in [2.24, 2.45) is 4.99 Å². The Balaban J connectivity index is 1.69. The summed E-state index contributed by atoms with van der Waals surface area (Å²) in [5.74, 6) is -0.279. The number of thioether (sulfide) groups is 1. The highest BCUT2D eigenvalue weighted by atomic mass is 32.2. The van der Waals surface area contributed by atoms with E-state index in [2.05, 4.69) is 48.9 Å². The Kier molecular flexibility index (Phi) is 7.71. The van der Waals surface area contributed by atoms with Crippen LogP contribution in [0.15, 0.2) is 45.6 Å². The molecule has 35 heavy (non-hydrogen) atoms. The lowest BCUT2D eigenvalue weighted by Crippen LogP contribution is -2.45. The SMILES string of the molecule is CCC1=C(C(=O)OC)C(c2cc(C)ccc2C)N2C(CC(=O)N(C)C3CCN(C)CC3)=CSC2=N1. The van der Waals surface area contributed by atoms with Crippen LogP contribution in [-0.2, 0) is 14.3 Å². The maximum atomic E-state index is 13.4. The van der Waals surface area contributed by atoms with Crippen molar-refractivity contribution >= 4 is 28.8 Å². The largest absolute Gasteiger partial charge is 0.466 e. The minimum Gasteiger partial charge on any atom is -0.466 e. The summed E-state index contributed by atoms with van der Waals surface area (Å²) in [5.41, 5.74) is 5.41. The van der Waals surface area contributed by atoms with Gasteiger partial charge in [0, 0.05) is 18.8 Å². The van der Waals surface area contributed by atoms with Crippen molar-refractivity contribution in [3.63, 3.8) is 0 Å². The van der Waals surface area contributed by atoms with Crippen molar-refractivity contribution in [3.8, 4) is 0 Å². The molecular weight excluding hydrogens is 460 g/mol. The van der Waals surface area contributed by atoms with E-state index in [-0.39, 0.29) is 30.4 Å². The Morgan fingerprint density at radius 1 is 1.23 bits per heavy atom. The number of methoxy groups -OCH3 is 1. The van der Waals surface area contributed by atoms with E-state index in [1.165, 1.54) is 18.9 Å². The summed E-state index contributed by atoms with van der Waals surface area (Å²) in [6.07, 6.45) is 2.87. The first kappa shape index (κ1) is 25.5. The van der Waals surface area contributed by atoms with Crippen molar-refractivity contribution in [1.29, 1.82) is 0 Å². The molecule has 0 radical (unpaired) electrons. The van der Waals surface area contributed by atoms with Gasteiger partial charge in [0.25, 0.3) is 0 Å². The number of hydrogen-bond acceptors (Lipinski definition) is 7. The number of piperidine rings is 1. The normalized spacial score (nSPS) is 21.0. The van der Waals surface area contributed by atoms with Gasteiger partial charge in [-0.3, -0.25) is 4.79 Å². The number of hydrogen-bond donors (Lipinski definition) is 0. The van der Waals surface area contributed by atoms with E-state index < -0.39 is 0 Å². The first-order valence-electron chi connectivity index (χ1n) is 12.3. The van der Waals surface area contributed by atoms with Crippen LogP contribution in [0.5, 0.6) is 0 Å². The van der Waals surface area contributed by atoms with Gasteiger partial charge in [-0.1, -0.05) is 42.4 Å². The number of carbonyl (C=O) groups is 2. The van der Waals surface area contributed by atoms with E-state index in [1.807, 2.05) is 24.3 Å². The molecule has 0 saturated carbocycles. The standard InChI is InChI=1S/C27H36N4O3S/c1-7-22-24(26(33)34-6)25(21-14-17(2)8-9-18(21)3)31-20(16-35-27(31)28-22)15-23(32)30(5)19-10-12-29(4)13-11-19/h8-9,14,16,19,25H,7,10-13,15H2,1-6H3. The molecule has 1 atom stereocenters. The number of likely N-dealkylation sites (tertiary alicyclic amines) is 1. The molecule has 3 aliphatic heterocycles. The molecule has 1 fully saturated rings. The summed E-state index contributed by atoms with van der Waals surface area (Å²) in [7, 11) is 5.46. The van der Waals surface area contributed by atoms with Crippen LogP contribution in [0.4, 0.5) is 0 Å². The summed E-state index contributed by atoms with van der Waals surface area (Å²) in [5, 5.41) is 2.83. The third-order valence-electron chi connectivity index (χ3n) is 7.32. The molecule has 1 aromatic carbocycles. The Morgan fingerprint density at radius 2 is 1.94 bits per heavy atom. The van der Waals surface area contributed by atoms with E-state index in [0.717, 1.165) is 59.2 Å². The molecule has 3 aliphatic rings. The summed E-state index contributed by atoms with van der Waals surface area (Å²) in [4.78, 5) is 37.6. The topological polar surface area (TPSA) is 65.5 Å². The first-order chi connectivity index (χ1) is 16.7. The average molecular weight is 497 g/mol. The molecular formula is C27H36N4O3S. The highest BCUT2D eigenvalue weighted by Gasteiger charge is 2.42. The monoisotopic (exact) mass is 496 g/mol. The maximum Gasteiger partial charge on any atom is 0.338 e. The van der Waals surface area contributed by atoms with Crippen LogP contribution in [0.3, 0.4) is 0 Å². The summed E-state index contributed by atoms with van der Waals surface area (Å²) in [6, 6.07) is 6.17. The molecule has 7 nitrogen and oxygen atoms in total. The number of rotatable bonds is 6. The number of benzene rings is 1. The fraction of sp³-hybridized carbons (Fsp3) is 0.519. The van der Waals surface area contributed by atoms with Crippen LogP contribution in [0.2, 0.25) is 0 Å². The molecule has 8 heteroatoms. The van der Waals surface area contributed by atoms with Gasteiger partial charge in [-0.2, -0.15) is 0 Å². The van der Waals surface area contributed by atoms with Crippen LogP contribution in [-0.4, -0.2) is 72.1 Å². The van der Waals surface area contributed by atoms with Gasteiger partial charge < -0.3 is 19.4 Å². The third-order valence-corrected chi connectivity index (χ3v) is 8.21. The van der Waals surface area contributed by atoms with Crippen molar-refractivity contribution in [2.75, 3.05) is 34.3 Å². The highest BCUT2D eigenvalue weighted by molar-refractivity contribution is 8.16. The smallest absolute Gasteiger partial charge is 0.338 e. The Hall–Kier alpha value is -2.58. The molecule has 4 rings (SSSR count). The number of aryl methyl sites for hydroxylation is 2. The first-order valence-corrected chi connectivity index (χ1v) is 13.2. The Labute approximate surface area is 212 Å². The van der Waals surface area contributed by atoms with E-state index in [4.69, 9.17) is 9.73 Å². The zero-order valence-electron chi connectivity index (χ0n) is 21.6. The lowest BCUT2D eigenvalue weighted by molar-refractivity contribution is -0.136. The van der Waals surface area contributed by atoms with Crippen molar-refractivity contribution in [2.45, 2.75) is 58.5 Å².